The van der Waals surface area contributed by atoms with Gasteiger partial charge in [-0.15, -0.1) is 0 Å². The van der Waals surface area contributed by atoms with Crippen LogP contribution in [0.5, 0.6) is 0 Å². The lowest BCUT2D eigenvalue weighted by Crippen LogP contribution is -2.57. The van der Waals surface area contributed by atoms with Crippen LogP contribution in [-0.4, -0.2) is 62.8 Å². The molecule has 0 radical (unpaired) electrons. The van der Waals surface area contributed by atoms with Crippen LogP contribution < -0.4 is 9.44 Å². The van der Waals surface area contributed by atoms with Crippen molar-refractivity contribution < 1.29 is 27.0 Å². The molecule has 2 unspecified atom stereocenters. The summed E-state index contributed by atoms with van der Waals surface area (Å²) in [7, 11) is -7.49. The first-order chi connectivity index (χ1) is 16.6. The maximum Gasteiger partial charge on any atom is 0.212 e. The van der Waals surface area contributed by atoms with Gasteiger partial charge < -0.3 is 10.2 Å². The van der Waals surface area contributed by atoms with Gasteiger partial charge in [0.2, 0.25) is 20.0 Å². The van der Waals surface area contributed by atoms with Crippen molar-refractivity contribution in [3.8, 4) is 0 Å². The summed E-state index contributed by atoms with van der Waals surface area (Å²) in [6, 6.07) is -1.02. The third-order valence-corrected chi connectivity index (χ3v) is 15.2. The zero-order valence-corrected chi connectivity index (χ0v) is 23.9. The molecule has 0 aromatic rings. The number of aliphatic hydroxyl groups is 2. The van der Waals surface area contributed by atoms with Crippen molar-refractivity contribution in [2.75, 3.05) is 11.5 Å². The molecule has 10 heteroatoms. The van der Waals surface area contributed by atoms with Crippen molar-refractivity contribution in [3.63, 3.8) is 0 Å². The van der Waals surface area contributed by atoms with E-state index in [9.17, 15) is 27.0 Å². The quantitative estimate of drug-likeness (QED) is 0.370. The van der Waals surface area contributed by atoms with Gasteiger partial charge in [0.25, 0.3) is 0 Å². The Bertz CT molecular complexity index is 1000. The standard InChI is InChI=1S/C26H46N2O6S2/c1-23(2)17-9-11-25(23,21(29)13-17)15-35(31,32)27-19-7-5-6-8-20(19)28-36(33,34)16-26-12-10-18(14-22(26)30)24(26,3)4/h17-22,27-30H,5-16H2,1-4H3/t17?,18?,19-,20-,21-,22-,25+,26+/m1/s1. The minimum atomic E-state index is -3.75. The Hall–Kier alpha value is -0.260. The molecule has 5 aliphatic rings. The monoisotopic (exact) mass is 546 g/mol. The van der Waals surface area contributed by atoms with Gasteiger partial charge in [-0.25, -0.2) is 26.3 Å². The van der Waals surface area contributed by atoms with Gasteiger partial charge in [-0.2, -0.15) is 0 Å². The highest BCUT2D eigenvalue weighted by molar-refractivity contribution is 7.89. The van der Waals surface area contributed by atoms with E-state index >= 15 is 0 Å². The van der Waals surface area contributed by atoms with E-state index in [1.807, 2.05) is 0 Å². The van der Waals surface area contributed by atoms with E-state index in [0.29, 0.717) is 50.4 Å². The van der Waals surface area contributed by atoms with Crippen molar-refractivity contribution in [2.45, 2.75) is 116 Å². The van der Waals surface area contributed by atoms with Crippen LogP contribution in [0.2, 0.25) is 0 Å². The summed E-state index contributed by atoms with van der Waals surface area (Å²) in [6.45, 7) is 8.33. The zero-order chi connectivity index (χ0) is 26.4. The van der Waals surface area contributed by atoms with Gasteiger partial charge in [0, 0.05) is 22.9 Å². The van der Waals surface area contributed by atoms with Crippen LogP contribution in [0.15, 0.2) is 0 Å². The van der Waals surface area contributed by atoms with Crippen LogP contribution in [0.4, 0.5) is 0 Å². The van der Waals surface area contributed by atoms with Crippen LogP contribution in [0.3, 0.4) is 0 Å². The van der Waals surface area contributed by atoms with E-state index in [2.05, 4.69) is 37.1 Å². The molecule has 0 spiro atoms. The smallest absolute Gasteiger partial charge is 0.212 e. The number of hydrogen-bond acceptors (Lipinski definition) is 6. The predicted molar refractivity (Wildman–Crippen MR) is 139 cm³/mol. The average Bonchev–Trinajstić information content (AvgIpc) is 3.27. The number of aliphatic hydroxyl groups excluding tert-OH is 2. The van der Waals surface area contributed by atoms with Crippen LogP contribution in [0, 0.1) is 33.5 Å². The molecule has 0 aromatic carbocycles. The molecule has 8 atom stereocenters. The molecular formula is C26H46N2O6S2. The minimum Gasteiger partial charge on any atom is -0.392 e. The van der Waals surface area contributed by atoms with Crippen molar-refractivity contribution in [3.05, 3.63) is 0 Å². The van der Waals surface area contributed by atoms with Gasteiger partial charge in [-0.3, -0.25) is 0 Å². The number of fused-ring (bicyclic) bond motifs is 4. The second kappa shape index (κ2) is 8.62. The number of nitrogens with one attached hydrogen (secondary N) is 2. The normalized spacial score (nSPS) is 45.4. The maximum atomic E-state index is 13.5. The van der Waals surface area contributed by atoms with Gasteiger partial charge in [-0.1, -0.05) is 40.5 Å². The molecule has 5 aliphatic carbocycles. The molecule has 5 rings (SSSR count). The number of rotatable bonds is 8. The molecule has 0 saturated heterocycles. The van der Waals surface area contributed by atoms with Gasteiger partial charge in [0.05, 0.1) is 23.7 Å². The van der Waals surface area contributed by atoms with E-state index in [-0.39, 0.29) is 22.3 Å². The van der Waals surface area contributed by atoms with Crippen LogP contribution in [-0.2, 0) is 20.0 Å². The molecule has 0 aromatic heterocycles. The minimum absolute atomic E-state index is 0.120. The topological polar surface area (TPSA) is 133 Å². The Morgan fingerprint density at radius 3 is 1.31 bits per heavy atom. The molecule has 5 fully saturated rings. The van der Waals surface area contributed by atoms with Crippen LogP contribution >= 0.6 is 0 Å². The summed E-state index contributed by atoms with van der Waals surface area (Å²) >= 11 is 0. The molecule has 8 nitrogen and oxygen atoms in total. The maximum absolute atomic E-state index is 13.5. The van der Waals surface area contributed by atoms with Gasteiger partial charge in [0.15, 0.2) is 0 Å². The summed E-state index contributed by atoms with van der Waals surface area (Å²) in [5.74, 6) is 0.431. The second-order valence-corrected chi connectivity index (χ2v) is 17.5. The molecule has 208 valence electrons. The van der Waals surface area contributed by atoms with E-state index in [0.717, 1.165) is 25.7 Å². The molecule has 4 bridgehead atoms. The number of hydrogen-bond donors (Lipinski definition) is 4. The SMILES string of the molecule is CC1(C)C2CC[C@]1(CS(=O)(=O)N[C@@H]1CCCC[C@H]1NS(=O)(=O)C[C@@]13CCC(C[C@H]1O)C3(C)C)[C@H](O)C2. The Balaban J connectivity index is 1.30. The first-order valence-electron chi connectivity index (χ1n) is 13.9. The summed E-state index contributed by atoms with van der Waals surface area (Å²) < 4.78 is 59.6. The van der Waals surface area contributed by atoms with Crippen molar-refractivity contribution in [2.24, 2.45) is 33.5 Å². The Morgan fingerprint density at radius 1 is 0.667 bits per heavy atom. The molecule has 0 amide bonds. The van der Waals surface area contributed by atoms with E-state index in [1.54, 1.807) is 0 Å². The van der Waals surface area contributed by atoms with Crippen molar-refractivity contribution >= 4 is 20.0 Å². The molecular weight excluding hydrogens is 500 g/mol. The highest BCUT2D eigenvalue weighted by atomic mass is 32.2. The predicted octanol–water partition coefficient (Wildman–Crippen LogP) is 2.51. The highest BCUT2D eigenvalue weighted by Crippen LogP contribution is 2.67. The van der Waals surface area contributed by atoms with Crippen molar-refractivity contribution in [1.29, 1.82) is 0 Å². The lowest BCUT2D eigenvalue weighted by Gasteiger charge is -2.42. The summed E-state index contributed by atoms with van der Waals surface area (Å²) in [5.41, 5.74) is -1.81. The first kappa shape index (κ1) is 27.3. The van der Waals surface area contributed by atoms with Crippen molar-refractivity contribution in [1.82, 2.24) is 9.44 Å². The molecule has 4 N–H and O–H groups in total. The fourth-order valence-electron chi connectivity index (χ4n) is 9.39. The third kappa shape index (κ3) is 4.03. The van der Waals surface area contributed by atoms with Gasteiger partial charge in [-0.05, 0) is 74.0 Å². The Labute approximate surface area is 217 Å². The highest BCUT2D eigenvalue weighted by Gasteiger charge is 2.66. The molecule has 5 saturated carbocycles. The lowest BCUT2D eigenvalue weighted by atomic mass is 9.70. The van der Waals surface area contributed by atoms with Gasteiger partial charge in [0.1, 0.15) is 0 Å². The third-order valence-electron chi connectivity index (χ3n) is 12.1. The van der Waals surface area contributed by atoms with E-state index in [4.69, 9.17) is 0 Å². The average molecular weight is 547 g/mol. The summed E-state index contributed by atoms with van der Waals surface area (Å²) in [4.78, 5) is 0. The molecule has 36 heavy (non-hydrogen) atoms. The Kier molecular flexibility index (Phi) is 6.54. The summed E-state index contributed by atoms with van der Waals surface area (Å²) in [6.07, 6.45) is 6.17. The molecule has 0 aliphatic heterocycles. The largest absolute Gasteiger partial charge is 0.392 e. The Morgan fingerprint density at radius 2 is 1.03 bits per heavy atom. The van der Waals surface area contributed by atoms with Crippen LogP contribution in [0.1, 0.15) is 91.9 Å². The lowest BCUT2D eigenvalue weighted by molar-refractivity contribution is 0.0148. The fraction of sp³-hybridized carbons (Fsp3) is 1.00. The van der Waals surface area contributed by atoms with Gasteiger partial charge >= 0.3 is 0 Å². The fourth-order valence-corrected chi connectivity index (χ4v) is 13.8. The molecule has 0 heterocycles. The number of sulfonamides is 2. The first-order valence-corrected chi connectivity index (χ1v) is 17.2. The van der Waals surface area contributed by atoms with Crippen LogP contribution in [0.25, 0.3) is 0 Å². The van der Waals surface area contributed by atoms with E-state index < -0.39 is 55.2 Å². The van der Waals surface area contributed by atoms with E-state index in [1.165, 1.54) is 0 Å². The summed E-state index contributed by atoms with van der Waals surface area (Å²) in [5, 5.41) is 21.7. The zero-order valence-electron chi connectivity index (χ0n) is 22.3. The second-order valence-electron chi connectivity index (χ2n) is 14.0.